The van der Waals surface area contributed by atoms with Crippen molar-refractivity contribution >= 4 is 17.9 Å². The molecule has 0 spiro atoms. The van der Waals surface area contributed by atoms with Crippen LogP contribution in [0, 0.1) is 19.7 Å². The highest BCUT2D eigenvalue weighted by Gasteiger charge is 2.02. The zero-order valence-electron chi connectivity index (χ0n) is 23.0. The number of rotatable bonds is 12. The van der Waals surface area contributed by atoms with Gasteiger partial charge in [-0.05, 0) is 87.3 Å². The Bertz CT molecular complexity index is 1040. The Kier molecular flexibility index (Phi) is 17.4. The van der Waals surface area contributed by atoms with Crippen LogP contribution in [0.3, 0.4) is 0 Å². The lowest BCUT2D eigenvalue weighted by molar-refractivity contribution is -0.118. The van der Waals surface area contributed by atoms with Crippen LogP contribution in [0.4, 0.5) is 4.39 Å². The summed E-state index contributed by atoms with van der Waals surface area (Å²) in [7, 11) is 3.10. The maximum Gasteiger partial charge on any atom is 0.216 e. The van der Waals surface area contributed by atoms with E-state index in [-0.39, 0.29) is 11.7 Å². The minimum Gasteiger partial charge on any atom is -0.489 e. The van der Waals surface area contributed by atoms with Gasteiger partial charge in [0.05, 0.1) is 0 Å². The van der Waals surface area contributed by atoms with Gasteiger partial charge in [0.25, 0.3) is 0 Å². The summed E-state index contributed by atoms with van der Waals surface area (Å²) in [6, 6.07) is 16.9. The van der Waals surface area contributed by atoms with Gasteiger partial charge >= 0.3 is 0 Å². The number of likely N-dealkylation sites (N-methyl/N-ethyl adjacent to an activating group) is 1. The molecule has 0 bridgehead atoms. The Labute approximate surface area is 231 Å². The largest absolute Gasteiger partial charge is 0.489 e. The number of benzene rings is 2. The lowest BCUT2D eigenvalue weighted by atomic mass is 10.2. The minimum absolute atomic E-state index is 0.0410. The summed E-state index contributed by atoms with van der Waals surface area (Å²) in [6.45, 7) is 9.51. The molecule has 2 aromatic carbocycles. The lowest BCUT2D eigenvalue weighted by Crippen LogP contribution is -2.29. The van der Waals surface area contributed by atoms with Crippen LogP contribution in [0.25, 0.3) is 0 Å². The molecule has 0 aliphatic heterocycles. The predicted molar refractivity (Wildman–Crippen MR) is 154 cm³/mol. The van der Waals surface area contributed by atoms with Crippen molar-refractivity contribution in [3.05, 3.63) is 89.5 Å². The first-order valence-electron chi connectivity index (χ1n) is 12.5. The Morgan fingerprint density at radius 2 is 1.84 bits per heavy atom. The molecule has 0 unspecified atom stereocenters. The number of pyridine rings is 1. The Hall–Kier alpha value is -2.98. The van der Waals surface area contributed by atoms with E-state index < -0.39 is 0 Å². The van der Waals surface area contributed by atoms with E-state index in [1.807, 2.05) is 19.1 Å². The van der Waals surface area contributed by atoms with Crippen LogP contribution in [-0.4, -0.2) is 60.6 Å². The van der Waals surface area contributed by atoms with Gasteiger partial charge in [0, 0.05) is 62.6 Å². The van der Waals surface area contributed by atoms with Gasteiger partial charge in [-0.3, -0.25) is 9.78 Å². The summed E-state index contributed by atoms with van der Waals surface area (Å²) in [4.78, 5) is 15.9. The number of halogens is 1. The highest BCUT2D eigenvalue weighted by atomic mass is 32.2. The van der Waals surface area contributed by atoms with Crippen molar-refractivity contribution < 1.29 is 19.0 Å². The van der Waals surface area contributed by atoms with E-state index in [4.69, 9.17) is 9.84 Å². The van der Waals surface area contributed by atoms with Crippen LogP contribution >= 0.6 is 11.9 Å². The average Bonchev–Trinajstić information content (AvgIpc) is 2.88. The first kappa shape index (κ1) is 33.0. The predicted octanol–water partition coefficient (Wildman–Crippen LogP) is 4.77. The van der Waals surface area contributed by atoms with Crippen LogP contribution in [0.2, 0.25) is 0 Å². The molecule has 3 rings (SSSR count). The van der Waals surface area contributed by atoms with Crippen LogP contribution in [0.1, 0.15) is 30.0 Å². The number of hydrogen-bond donors (Lipinski definition) is 3. The number of ether oxygens (including phenoxy) is 1. The van der Waals surface area contributed by atoms with Crippen molar-refractivity contribution in [2.45, 2.75) is 38.7 Å². The number of nitrogens with one attached hydrogen (secondary N) is 2. The fourth-order valence-electron chi connectivity index (χ4n) is 3.17. The molecule has 0 aliphatic rings. The van der Waals surface area contributed by atoms with Gasteiger partial charge < -0.3 is 20.5 Å². The number of nitrogens with zero attached hydrogens (tertiary/aromatic N) is 2. The van der Waals surface area contributed by atoms with E-state index in [2.05, 4.69) is 58.2 Å². The number of carbonyl (C=O) groups excluding carboxylic acids is 1. The second-order valence-electron chi connectivity index (χ2n) is 8.46. The number of hydrogen-bond acceptors (Lipinski definition) is 7. The molecule has 0 fully saturated rings. The number of carbonyl (C=O) groups is 1. The second-order valence-corrected chi connectivity index (χ2v) is 9.74. The van der Waals surface area contributed by atoms with Gasteiger partial charge in [-0.25, -0.2) is 8.70 Å². The molecule has 1 heterocycles. The van der Waals surface area contributed by atoms with Crippen LogP contribution in [-0.2, 0) is 11.4 Å². The molecule has 1 aromatic heterocycles. The van der Waals surface area contributed by atoms with Crippen LogP contribution in [0.5, 0.6) is 5.75 Å². The average molecular weight is 545 g/mol. The summed E-state index contributed by atoms with van der Waals surface area (Å²) < 4.78 is 20.8. The van der Waals surface area contributed by atoms with E-state index in [1.165, 1.54) is 22.6 Å². The molecule has 0 aliphatic carbocycles. The van der Waals surface area contributed by atoms with Gasteiger partial charge in [-0.15, -0.1) is 0 Å². The van der Waals surface area contributed by atoms with Crippen molar-refractivity contribution in [2.75, 3.05) is 40.3 Å². The molecular formula is C29H41FN4O3S. The van der Waals surface area contributed by atoms with Crippen LogP contribution in [0.15, 0.2) is 71.9 Å². The molecule has 7 nitrogen and oxygen atoms in total. The van der Waals surface area contributed by atoms with Crippen molar-refractivity contribution in [2.24, 2.45) is 0 Å². The standard InChI is InChI=1S/C15H25N3OS.C13H12FNO.CH4O/c1-13-6-4-7-15(12-13)20-18(3)11-10-16-8-5-9-17-14(2)19;1-10-5-12(14)7-13(6-10)16-9-11-3-2-4-15-8-11;1-2/h4,6-7,12,16H,5,8-11H2,1-3H3,(H,17,19);2-8H,9H2,1H3;2H,1H3. The number of amides is 1. The molecule has 0 atom stereocenters. The fourth-order valence-corrected chi connectivity index (χ4v) is 4.09. The van der Waals surface area contributed by atoms with E-state index in [1.54, 1.807) is 37.3 Å². The van der Waals surface area contributed by atoms with Crippen LogP contribution < -0.4 is 15.4 Å². The molecule has 0 saturated carbocycles. The van der Waals surface area contributed by atoms with Crippen molar-refractivity contribution in [1.82, 2.24) is 19.9 Å². The van der Waals surface area contributed by atoms with Gasteiger partial charge in [0.15, 0.2) is 0 Å². The van der Waals surface area contributed by atoms with E-state index in [0.717, 1.165) is 50.8 Å². The van der Waals surface area contributed by atoms with Gasteiger partial charge in [-0.2, -0.15) is 0 Å². The lowest BCUT2D eigenvalue weighted by Gasteiger charge is -2.16. The van der Waals surface area contributed by atoms with Crippen molar-refractivity contribution in [1.29, 1.82) is 0 Å². The van der Waals surface area contributed by atoms with Gasteiger partial charge in [0.1, 0.15) is 18.2 Å². The van der Waals surface area contributed by atoms with Gasteiger partial charge in [-0.1, -0.05) is 18.2 Å². The first-order chi connectivity index (χ1) is 18.3. The first-order valence-corrected chi connectivity index (χ1v) is 13.2. The maximum absolute atomic E-state index is 13.1. The monoisotopic (exact) mass is 544 g/mol. The Balaban J connectivity index is 0.000000363. The number of aliphatic hydroxyl groups excluding tert-OH is 1. The fraction of sp³-hybridized carbons (Fsp3) is 0.379. The van der Waals surface area contributed by atoms with Crippen molar-refractivity contribution in [3.63, 3.8) is 0 Å². The Morgan fingerprint density at radius 1 is 1.05 bits per heavy atom. The Morgan fingerprint density at radius 3 is 2.50 bits per heavy atom. The van der Waals surface area contributed by atoms with Gasteiger partial charge in [0.2, 0.25) is 5.91 Å². The zero-order valence-corrected chi connectivity index (χ0v) is 23.9. The smallest absolute Gasteiger partial charge is 0.216 e. The molecule has 3 aromatic rings. The minimum atomic E-state index is -0.277. The van der Waals surface area contributed by atoms with E-state index in [0.29, 0.717) is 12.4 Å². The SMILES string of the molecule is CC(=O)NCCCNCCN(C)Sc1cccc(C)c1.CO.Cc1cc(F)cc(OCc2cccnc2)c1. The quantitative estimate of drug-likeness (QED) is 0.224. The second kappa shape index (κ2) is 20.0. The van der Waals surface area contributed by atoms with E-state index >= 15 is 0 Å². The highest BCUT2D eigenvalue weighted by molar-refractivity contribution is 7.97. The molecule has 0 radical (unpaired) electrons. The number of aromatic nitrogens is 1. The normalized spacial score (nSPS) is 10.1. The molecule has 0 saturated heterocycles. The third-order valence-corrected chi connectivity index (χ3v) is 5.86. The van der Waals surface area contributed by atoms with Crippen molar-refractivity contribution in [3.8, 4) is 5.75 Å². The molecule has 3 N–H and O–H groups in total. The molecule has 1 amide bonds. The molecular weight excluding hydrogens is 503 g/mol. The topological polar surface area (TPSA) is 86.7 Å². The highest BCUT2D eigenvalue weighted by Crippen LogP contribution is 2.21. The maximum atomic E-state index is 13.1. The summed E-state index contributed by atoms with van der Waals surface area (Å²) in [5.41, 5.74) is 3.10. The third-order valence-electron chi connectivity index (χ3n) is 4.90. The third kappa shape index (κ3) is 16.0. The molecule has 9 heteroatoms. The summed E-state index contributed by atoms with van der Waals surface area (Å²) in [5, 5.41) is 13.2. The number of aryl methyl sites for hydroxylation is 2. The number of aliphatic hydroxyl groups is 1. The van der Waals surface area contributed by atoms with E-state index in [9.17, 15) is 9.18 Å². The summed E-state index contributed by atoms with van der Waals surface area (Å²) in [5.74, 6) is 0.307. The summed E-state index contributed by atoms with van der Waals surface area (Å²) in [6.07, 6.45) is 4.40. The zero-order chi connectivity index (χ0) is 28.2. The summed E-state index contributed by atoms with van der Waals surface area (Å²) >= 11 is 1.77. The molecule has 208 valence electrons. The molecule has 38 heavy (non-hydrogen) atoms.